The fourth-order valence-corrected chi connectivity index (χ4v) is 18.1. The van der Waals surface area contributed by atoms with Crippen molar-refractivity contribution in [2.75, 3.05) is 83.3 Å². The molecule has 0 radical (unpaired) electrons. The summed E-state index contributed by atoms with van der Waals surface area (Å²) in [6.07, 6.45) is 3.73. The van der Waals surface area contributed by atoms with Gasteiger partial charge in [-0.05, 0) is 62.2 Å². The number of halogens is 5. The normalized spacial score (nSPS) is 22.9. The van der Waals surface area contributed by atoms with Crippen LogP contribution in [0.15, 0.2) is 0 Å². The third-order valence-electron chi connectivity index (χ3n) is 20.2. The first kappa shape index (κ1) is 108. The van der Waals surface area contributed by atoms with Gasteiger partial charge in [0.15, 0.2) is 0 Å². The van der Waals surface area contributed by atoms with Crippen molar-refractivity contribution >= 4 is 118 Å². The molecule has 5 amide bonds. The van der Waals surface area contributed by atoms with Crippen LogP contribution in [0.4, 0.5) is 22.0 Å². The zero-order valence-corrected chi connectivity index (χ0v) is 75.0. The maximum Gasteiger partial charge on any atom is 0.311 e. The topological polar surface area (TPSA) is 419 Å². The van der Waals surface area contributed by atoms with Crippen molar-refractivity contribution in [3.63, 3.8) is 0 Å². The average molecular weight is 1820 g/mol. The van der Waals surface area contributed by atoms with Crippen LogP contribution in [0, 0.1) is 46.8 Å². The third kappa shape index (κ3) is 41.3. The molecule has 1 aromatic rings. The van der Waals surface area contributed by atoms with Crippen LogP contribution in [-0.2, 0) is 124 Å². The summed E-state index contributed by atoms with van der Waals surface area (Å²) in [6.45, 7) is 15.2. The van der Waals surface area contributed by atoms with E-state index < -0.39 is 196 Å². The highest BCUT2D eigenvalue weighted by Crippen LogP contribution is 2.39. The molecule has 4 rings (SSSR count). The van der Waals surface area contributed by atoms with Gasteiger partial charge in [0, 0.05) is 132 Å². The number of ketones is 2. The minimum absolute atomic E-state index is 0.0568. The first-order chi connectivity index (χ1) is 58.3. The van der Waals surface area contributed by atoms with E-state index in [1.54, 1.807) is 0 Å². The molecule has 0 saturated carbocycles. The van der Waals surface area contributed by atoms with E-state index in [0.717, 1.165) is 57.8 Å². The van der Waals surface area contributed by atoms with Gasteiger partial charge in [-0.15, -0.1) is 35.3 Å². The van der Waals surface area contributed by atoms with Crippen molar-refractivity contribution in [3.8, 4) is 5.75 Å². The number of rotatable bonds is 59. The van der Waals surface area contributed by atoms with Gasteiger partial charge in [-0.1, -0.05) is 72.1 Å². The summed E-state index contributed by atoms with van der Waals surface area (Å²) >= 11 is 4.40. The van der Waals surface area contributed by atoms with Crippen LogP contribution >= 0.6 is 35.3 Å². The highest BCUT2D eigenvalue weighted by Gasteiger charge is 2.50. The molecule has 0 aromatic heterocycles. The molecule has 0 bridgehead atoms. The van der Waals surface area contributed by atoms with Crippen LogP contribution < -0.4 is 31.3 Å². The van der Waals surface area contributed by atoms with Gasteiger partial charge in [0.2, 0.25) is 64.4 Å². The Labute approximate surface area is 728 Å². The summed E-state index contributed by atoms with van der Waals surface area (Å²) in [6, 6.07) is -1.60. The Balaban J connectivity index is 1.41. The molecule has 3 heterocycles. The summed E-state index contributed by atoms with van der Waals surface area (Å²) < 4.78 is 145. The maximum absolute atomic E-state index is 14.5. The number of unbranched alkanes of at least 4 members (excludes halogenated alkanes) is 11. The van der Waals surface area contributed by atoms with E-state index in [1.807, 2.05) is 20.8 Å². The summed E-state index contributed by atoms with van der Waals surface area (Å²) in [7, 11) is 0. The van der Waals surface area contributed by atoms with Gasteiger partial charge in [-0.25, -0.2) is 13.2 Å². The molecule has 15 unspecified atom stereocenters. The highest BCUT2D eigenvalue weighted by atomic mass is 32.2. The standard InChI is InChI=1S/C83H126F5N5O27S3/c1-48-73(90-51(4)94)80(117-62(42-111-54(7)97)76(48)114-57(10)100)121-39-24-18-13-15-21-28-60(103)32-36-108-45-83(93-66(106)30-27-31-67(107)120-79-71(87)69(85)68(84)70(86)72(79)88,46-109-37-33-61(104)29-22-16-14-19-25-40-122-81-74(91-52(5)95)49(2)77(115-58(11)101)63(118-81)43-112-55(8)98)47-110-38-34-65(105)89-35-23-17-20-26-41-123-82-75(92-53(6)96)50(3)78(116-59(12)102)64(119-82)44-113-56(9)99/h48-50,62-64,73-78,80-82H,13-47H2,1-12H3,(H,89,105)(H,90,94)(H,91,95)(H,92,96)(H,93,106). The summed E-state index contributed by atoms with van der Waals surface area (Å²) in [5.74, 6) is -20.2. The van der Waals surface area contributed by atoms with E-state index in [4.69, 9.17) is 56.8 Å². The zero-order valence-electron chi connectivity index (χ0n) is 72.5. The molecule has 3 fully saturated rings. The number of hydrogen-bond donors (Lipinski definition) is 5. The molecule has 123 heavy (non-hydrogen) atoms. The first-order valence-corrected chi connectivity index (χ1v) is 45.1. The molecule has 0 spiro atoms. The van der Waals surface area contributed by atoms with Crippen molar-refractivity contribution in [2.24, 2.45) is 17.8 Å². The second-order valence-electron chi connectivity index (χ2n) is 31.0. The predicted octanol–water partition coefficient (Wildman–Crippen LogP) is 9.31. The van der Waals surface area contributed by atoms with Crippen LogP contribution in [0.3, 0.4) is 0 Å². The van der Waals surface area contributed by atoms with Crippen LogP contribution in [-0.4, -0.2) is 243 Å². The third-order valence-corrected chi connectivity index (χ3v) is 24.0. The highest BCUT2D eigenvalue weighted by molar-refractivity contribution is 8.00. The number of nitrogens with one attached hydrogen (secondary N) is 5. The molecule has 3 saturated heterocycles. The summed E-state index contributed by atoms with van der Waals surface area (Å²) in [4.78, 5) is 175. The summed E-state index contributed by atoms with van der Waals surface area (Å²) in [5, 5.41) is 14.4. The zero-order chi connectivity index (χ0) is 91.3. The van der Waals surface area contributed by atoms with Gasteiger partial charge in [0.25, 0.3) is 0 Å². The maximum atomic E-state index is 14.5. The van der Waals surface area contributed by atoms with Crippen molar-refractivity contribution < 1.29 is 151 Å². The number of benzene rings is 1. The van der Waals surface area contributed by atoms with E-state index in [0.29, 0.717) is 55.9 Å². The number of thioether (sulfide) groups is 3. The second-order valence-corrected chi connectivity index (χ2v) is 34.6. The Morgan fingerprint density at radius 3 is 1.03 bits per heavy atom. The Morgan fingerprint density at radius 2 is 0.691 bits per heavy atom. The van der Waals surface area contributed by atoms with E-state index >= 15 is 0 Å². The summed E-state index contributed by atoms with van der Waals surface area (Å²) in [5.41, 5.74) is -3.31. The molecular formula is C83H126F5N5O27S3. The number of carbonyl (C=O) groups excluding carboxylic acids is 14. The van der Waals surface area contributed by atoms with Crippen molar-refractivity contribution in [1.82, 2.24) is 26.6 Å². The molecule has 5 N–H and O–H groups in total. The molecule has 1 aromatic carbocycles. The van der Waals surface area contributed by atoms with Gasteiger partial charge in [-0.2, -0.15) is 8.78 Å². The molecule has 0 aliphatic carbocycles. The molecular weight excluding hydrogens is 1690 g/mol. The van der Waals surface area contributed by atoms with Crippen LogP contribution in [0.5, 0.6) is 5.75 Å². The molecule has 40 heteroatoms. The lowest BCUT2D eigenvalue weighted by Crippen LogP contribution is -2.60. The monoisotopic (exact) mass is 1820 g/mol. The first-order valence-electron chi connectivity index (χ1n) is 41.9. The number of amides is 5. The van der Waals surface area contributed by atoms with Gasteiger partial charge < -0.3 is 88.2 Å². The quantitative estimate of drug-likeness (QED) is 0.00770. The van der Waals surface area contributed by atoms with Crippen LogP contribution in [0.25, 0.3) is 0 Å². The second kappa shape index (κ2) is 58.1. The van der Waals surface area contributed by atoms with Gasteiger partial charge >= 0.3 is 41.8 Å². The minimum atomic E-state index is -2.47. The Morgan fingerprint density at radius 1 is 0.366 bits per heavy atom. The van der Waals surface area contributed by atoms with E-state index in [2.05, 4.69) is 31.3 Å². The van der Waals surface area contributed by atoms with Gasteiger partial charge in [0.1, 0.15) is 89.9 Å². The van der Waals surface area contributed by atoms with Crippen molar-refractivity contribution in [2.45, 2.75) is 301 Å². The minimum Gasteiger partial charge on any atom is -0.463 e. The molecule has 698 valence electrons. The Bertz CT molecular complexity index is 3290. The van der Waals surface area contributed by atoms with E-state index in [-0.39, 0.29) is 127 Å². The fraction of sp³-hybridized carbons (Fsp3) is 0.759. The van der Waals surface area contributed by atoms with Crippen LogP contribution in [0.1, 0.15) is 224 Å². The molecule has 3 aliphatic heterocycles. The Kier molecular flexibility index (Phi) is 51.0. The van der Waals surface area contributed by atoms with E-state index in [9.17, 15) is 89.1 Å². The van der Waals surface area contributed by atoms with Gasteiger partial charge in [0.05, 0.1) is 57.8 Å². The van der Waals surface area contributed by atoms with Crippen molar-refractivity contribution in [3.05, 3.63) is 29.1 Å². The van der Waals surface area contributed by atoms with Crippen LogP contribution in [0.2, 0.25) is 0 Å². The van der Waals surface area contributed by atoms with E-state index in [1.165, 1.54) is 97.6 Å². The lowest BCUT2D eigenvalue weighted by atomic mass is 9.89. The smallest absolute Gasteiger partial charge is 0.311 e. The predicted molar refractivity (Wildman–Crippen MR) is 440 cm³/mol. The number of Topliss-reactive ketones (excluding diaryl/α,β-unsaturated/α-hetero) is 2. The van der Waals surface area contributed by atoms with Crippen molar-refractivity contribution in [1.29, 1.82) is 0 Å². The SMILES string of the molecule is CC(=O)NC1C(SCCCCCCCC(=O)CCOCC(COCCC(=O)CCCCCCCSC2OC(COC(C)=O)C(OC(C)=O)C(C)C2NC(C)=O)(COCCC(=O)NCCCCCCSC2OC(COC(C)=O)C(OC(C)=O)C(C)C2NC(C)=O)NC(=O)CCCC(=O)Oc2c(F)c(F)c(F)c(F)c2F)OC(COC(C)=O)C(OC(C)=O)C1C. The number of hydrogen-bond acceptors (Lipinski definition) is 30. The fourth-order valence-electron chi connectivity index (χ4n) is 14.1. The lowest BCUT2D eigenvalue weighted by molar-refractivity contribution is -0.188. The lowest BCUT2D eigenvalue weighted by Gasteiger charge is -2.44. The molecule has 32 nitrogen and oxygen atoms in total. The largest absolute Gasteiger partial charge is 0.463 e. The average Bonchev–Trinajstić information content (AvgIpc) is 0.814. The number of ether oxygens (including phenoxy) is 13. The molecule has 3 aliphatic rings. The molecule has 15 atom stereocenters. The van der Waals surface area contributed by atoms with Gasteiger partial charge in [-0.3, -0.25) is 67.1 Å². The Hall–Kier alpha value is -7.34. The number of esters is 7. The number of carbonyl (C=O) groups is 14.